The van der Waals surface area contributed by atoms with Crippen molar-refractivity contribution in [2.45, 2.75) is 91.0 Å². The Morgan fingerprint density at radius 3 is 2.70 bits per heavy atom. The number of rotatable bonds is 12. The molecule has 2 heteroatoms. The molecular formula is C25H42N2. The number of benzene rings is 1. The van der Waals surface area contributed by atoms with Crippen LogP contribution in [0, 0.1) is 5.92 Å². The molecule has 0 bridgehead atoms. The van der Waals surface area contributed by atoms with Crippen LogP contribution in [0.15, 0.2) is 29.3 Å². The largest absolute Gasteiger partial charge is 0.302 e. The minimum Gasteiger partial charge on any atom is -0.302 e. The summed E-state index contributed by atoms with van der Waals surface area (Å²) in [6, 6.07) is 9.15. The fourth-order valence-electron chi connectivity index (χ4n) is 4.25. The first-order chi connectivity index (χ1) is 13.2. The Hall–Kier alpha value is -1.15. The lowest BCUT2D eigenvalue weighted by Gasteiger charge is -2.23. The highest BCUT2D eigenvalue weighted by Crippen LogP contribution is 2.26. The summed E-state index contributed by atoms with van der Waals surface area (Å²) in [5.74, 6) is 0.917. The lowest BCUT2D eigenvalue weighted by atomic mass is 9.84. The standard InChI is InChI=1S/C25H42N2/c1-4-6-11-22-13-8-15-24(19-22)21-27(3)18-10-17-26-25-16-9-14-23(20-25)12-7-5-2/h8,13,15,19,23H,4-7,9-12,14,16-18,20-21H2,1-3H3. The van der Waals surface area contributed by atoms with Gasteiger partial charge in [0.2, 0.25) is 0 Å². The number of nitrogens with zero attached hydrogens (tertiary/aromatic N) is 2. The van der Waals surface area contributed by atoms with E-state index in [2.05, 4.69) is 50.1 Å². The first-order valence-corrected chi connectivity index (χ1v) is 11.5. The van der Waals surface area contributed by atoms with Crippen molar-refractivity contribution in [1.82, 2.24) is 4.90 Å². The molecule has 1 fully saturated rings. The Morgan fingerprint density at radius 2 is 1.89 bits per heavy atom. The van der Waals surface area contributed by atoms with E-state index >= 15 is 0 Å². The molecule has 152 valence electrons. The number of hydrogen-bond acceptors (Lipinski definition) is 2. The van der Waals surface area contributed by atoms with Crippen molar-refractivity contribution in [3.05, 3.63) is 35.4 Å². The SMILES string of the molecule is CCCCc1cccc(CN(C)CCCN=C2CCCC(CCCC)C2)c1. The van der Waals surface area contributed by atoms with Gasteiger partial charge in [0, 0.05) is 18.8 Å². The first-order valence-electron chi connectivity index (χ1n) is 11.5. The van der Waals surface area contributed by atoms with E-state index in [1.165, 1.54) is 87.5 Å². The van der Waals surface area contributed by atoms with E-state index in [0.29, 0.717) is 0 Å². The molecule has 0 spiro atoms. The average molecular weight is 371 g/mol. The molecule has 2 rings (SSSR count). The van der Waals surface area contributed by atoms with E-state index < -0.39 is 0 Å². The summed E-state index contributed by atoms with van der Waals surface area (Å²) in [4.78, 5) is 7.41. The predicted molar refractivity (Wildman–Crippen MR) is 120 cm³/mol. The van der Waals surface area contributed by atoms with Gasteiger partial charge in [-0.3, -0.25) is 4.99 Å². The highest BCUT2D eigenvalue weighted by atomic mass is 15.1. The van der Waals surface area contributed by atoms with E-state index in [9.17, 15) is 0 Å². The molecule has 27 heavy (non-hydrogen) atoms. The maximum Gasteiger partial charge on any atom is 0.0400 e. The smallest absolute Gasteiger partial charge is 0.0400 e. The van der Waals surface area contributed by atoms with Crippen LogP contribution in [-0.4, -0.2) is 30.7 Å². The van der Waals surface area contributed by atoms with Crippen LogP contribution in [0.1, 0.15) is 89.2 Å². The van der Waals surface area contributed by atoms with Gasteiger partial charge in [-0.1, -0.05) is 63.8 Å². The molecule has 0 aliphatic heterocycles. The van der Waals surface area contributed by atoms with Gasteiger partial charge in [0.05, 0.1) is 0 Å². The number of unbranched alkanes of at least 4 members (excludes halogenated alkanes) is 2. The third-order valence-corrected chi connectivity index (χ3v) is 5.86. The second kappa shape index (κ2) is 13.1. The van der Waals surface area contributed by atoms with Crippen LogP contribution in [-0.2, 0) is 13.0 Å². The summed E-state index contributed by atoms with van der Waals surface area (Å²) in [5, 5.41) is 0. The molecule has 0 N–H and O–H groups in total. The molecule has 0 aromatic heterocycles. The van der Waals surface area contributed by atoms with Gasteiger partial charge in [0.1, 0.15) is 0 Å². The van der Waals surface area contributed by atoms with Gasteiger partial charge in [0.25, 0.3) is 0 Å². The fraction of sp³-hybridized carbons (Fsp3) is 0.720. The van der Waals surface area contributed by atoms with Crippen LogP contribution in [0.25, 0.3) is 0 Å². The monoisotopic (exact) mass is 370 g/mol. The van der Waals surface area contributed by atoms with Crippen molar-refractivity contribution in [3.8, 4) is 0 Å². The maximum absolute atomic E-state index is 4.96. The van der Waals surface area contributed by atoms with Gasteiger partial charge < -0.3 is 4.90 Å². The molecule has 0 radical (unpaired) electrons. The minimum absolute atomic E-state index is 0.917. The van der Waals surface area contributed by atoms with Crippen LogP contribution < -0.4 is 0 Å². The van der Waals surface area contributed by atoms with Crippen LogP contribution in [0.5, 0.6) is 0 Å². The molecule has 2 nitrogen and oxygen atoms in total. The Bertz CT molecular complexity index is 549. The van der Waals surface area contributed by atoms with Gasteiger partial charge in [-0.25, -0.2) is 0 Å². The zero-order valence-corrected chi connectivity index (χ0v) is 18.2. The van der Waals surface area contributed by atoms with Gasteiger partial charge in [-0.2, -0.15) is 0 Å². The zero-order valence-electron chi connectivity index (χ0n) is 18.2. The second-order valence-corrected chi connectivity index (χ2v) is 8.57. The van der Waals surface area contributed by atoms with E-state index in [0.717, 1.165) is 25.6 Å². The third kappa shape index (κ3) is 9.06. The molecule has 1 atom stereocenters. The molecule has 0 saturated heterocycles. The van der Waals surface area contributed by atoms with E-state index in [1.807, 2.05) is 0 Å². The van der Waals surface area contributed by atoms with Crippen LogP contribution in [0.2, 0.25) is 0 Å². The summed E-state index contributed by atoms with van der Waals surface area (Å²) in [7, 11) is 2.24. The molecule has 1 saturated carbocycles. The van der Waals surface area contributed by atoms with E-state index in [4.69, 9.17) is 4.99 Å². The highest BCUT2D eigenvalue weighted by molar-refractivity contribution is 5.85. The van der Waals surface area contributed by atoms with Crippen LogP contribution in [0.4, 0.5) is 0 Å². The molecule has 1 aliphatic carbocycles. The van der Waals surface area contributed by atoms with Crippen molar-refractivity contribution >= 4 is 5.71 Å². The quantitative estimate of drug-likeness (QED) is 0.375. The second-order valence-electron chi connectivity index (χ2n) is 8.57. The summed E-state index contributed by atoms with van der Waals surface area (Å²) in [5.41, 5.74) is 4.45. The summed E-state index contributed by atoms with van der Waals surface area (Å²) >= 11 is 0. The average Bonchev–Trinajstić information content (AvgIpc) is 2.69. The highest BCUT2D eigenvalue weighted by Gasteiger charge is 2.17. The molecule has 1 unspecified atom stereocenters. The Kier molecular flexibility index (Phi) is 10.7. The van der Waals surface area contributed by atoms with Crippen molar-refractivity contribution in [1.29, 1.82) is 0 Å². The molecular weight excluding hydrogens is 328 g/mol. The van der Waals surface area contributed by atoms with Crippen molar-refractivity contribution in [3.63, 3.8) is 0 Å². The molecule has 0 heterocycles. The molecule has 0 amide bonds. The van der Waals surface area contributed by atoms with Crippen LogP contribution >= 0.6 is 0 Å². The van der Waals surface area contributed by atoms with Crippen molar-refractivity contribution < 1.29 is 0 Å². The predicted octanol–water partition coefficient (Wildman–Crippen LogP) is 6.67. The lowest BCUT2D eigenvalue weighted by Crippen LogP contribution is -2.20. The number of aliphatic imine (C=N–C) groups is 1. The zero-order chi connectivity index (χ0) is 19.3. The summed E-state index contributed by atoms with van der Waals surface area (Å²) in [6.45, 7) is 7.76. The van der Waals surface area contributed by atoms with E-state index in [-0.39, 0.29) is 0 Å². The Labute approximate surface area is 168 Å². The normalized spacial score (nSPS) is 19.1. The molecule has 1 aliphatic rings. The van der Waals surface area contributed by atoms with Gasteiger partial charge in [-0.15, -0.1) is 0 Å². The summed E-state index contributed by atoms with van der Waals surface area (Å²) < 4.78 is 0. The minimum atomic E-state index is 0.917. The van der Waals surface area contributed by atoms with Crippen LogP contribution in [0.3, 0.4) is 0 Å². The van der Waals surface area contributed by atoms with Gasteiger partial charge in [-0.05, 0) is 75.6 Å². The third-order valence-electron chi connectivity index (χ3n) is 5.86. The van der Waals surface area contributed by atoms with Gasteiger partial charge in [0.15, 0.2) is 0 Å². The topological polar surface area (TPSA) is 15.6 Å². The number of hydrogen-bond donors (Lipinski definition) is 0. The first kappa shape index (κ1) is 22.1. The Morgan fingerprint density at radius 1 is 1.07 bits per heavy atom. The Balaban J connectivity index is 1.67. The lowest BCUT2D eigenvalue weighted by molar-refractivity contribution is 0.324. The maximum atomic E-state index is 4.96. The molecule has 1 aromatic rings. The van der Waals surface area contributed by atoms with Gasteiger partial charge >= 0.3 is 0 Å². The fourth-order valence-corrected chi connectivity index (χ4v) is 4.25. The van der Waals surface area contributed by atoms with Crippen molar-refractivity contribution in [2.24, 2.45) is 10.9 Å². The van der Waals surface area contributed by atoms with Crippen molar-refractivity contribution in [2.75, 3.05) is 20.1 Å². The number of aryl methyl sites for hydroxylation is 1. The molecule has 1 aromatic carbocycles. The van der Waals surface area contributed by atoms with E-state index in [1.54, 1.807) is 0 Å². The summed E-state index contributed by atoms with van der Waals surface area (Å²) in [6.07, 6.45) is 14.4.